The summed E-state index contributed by atoms with van der Waals surface area (Å²) >= 11 is 0. The van der Waals surface area contributed by atoms with Crippen LogP contribution in [0.5, 0.6) is 0 Å². The van der Waals surface area contributed by atoms with Crippen LogP contribution in [0.15, 0.2) is 6.20 Å². The monoisotopic (exact) mass is 225 g/mol. The van der Waals surface area contributed by atoms with Gasteiger partial charge in [0.15, 0.2) is 0 Å². The number of nitrogens with one attached hydrogen (secondary N) is 1. The molecule has 16 heavy (non-hydrogen) atoms. The third-order valence-corrected chi connectivity index (χ3v) is 3.16. The third kappa shape index (κ3) is 3.32. The molecule has 0 aliphatic heterocycles. The second-order valence-corrected chi connectivity index (χ2v) is 5.03. The van der Waals surface area contributed by atoms with Gasteiger partial charge in [-0.05, 0) is 19.8 Å². The Hall–Kier alpha value is -0.870. The van der Waals surface area contributed by atoms with E-state index in [0.29, 0.717) is 6.54 Å². The first-order valence-corrected chi connectivity index (χ1v) is 5.75. The maximum Gasteiger partial charge on any atom is 0.0766 e. The second kappa shape index (κ2) is 4.97. The van der Waals surface area contributed by atoms with Gasteiger partial charge < -0.3 is 10.4 Å². The first kappa shape index (κ1) is 13.2. The molecule has 0 aliphatic rings. The van der Waals surface area contributed by atoms with Crippen molar-refractivity contribution in [2.45, 2.75) is 39.8 Å². The van der Waals surface area contributed by atoms with Crippen LogP contribution in [0, 0.1) is 12.8 Å². The predicted octanol–water partition coefficient (Wildman–Crippen LogP) is 1.23. The van der Waals surface area contributed by atoms with Crippen LogP contribution in [0.25, 0.3) is 0 Å². The zero-order valence-corrected chi connectivity index (χ0v) is 10.9. The quantitative estimate of drug-likeness (QED) is 0.792. The number of rotatable bonds is 5. The molecule has 1 unspecified atom stereocenters. The zero-order chi connectivity index (χ0) is 12.3. The molecule has 0 saturated carbocycles. The smallest absolute Gasteiger partial charge is 0.0766 e. The molecular formula is C12H23N3O. The summed E-state index contributed by atoms with van der Waals surface area (Å²) in [5, 5.41) is 17.6. The van der Waals surface area contributed by atoms with E-state index in [-0.39, 0.29) is 5.92 Å². The average molecular weight is 225 g/mol. The largest absolute Gasteiger partial charge is 0.389 e. The van der Waals surface area contributed by atoms with E-state index < -0.39 is 5.60 Å². The standard InChI is InChI=1S/C12H23N3O/c1-9(2)12(4,16)8-13-6-11-7-15(5)14-10(11)3/h7,9,13,16H,6,8H2,1-5H3. The molecule has 0 bridgehead atoms. The fourth-order valence-electron chi connectivity index (χ4n) is 1.48. The summed E-state index contributed by atoms with van der Waals surface area (Å²) in [4.78, 5) is 0. The Morgan fingerprint density at radius 1 is 1.56 bits per heavy atom. The summed E-state index contributed by atoms with van der Waals surface area (Å²) in [6, 6.07) is 0. The van der Waals surface area contributed by atoms with Crippen LogP contribution in [0.1, 0.15) is 32.0 Å². The molecule has 0 fully saturated rings. The molecule has 1 aromatic rings. The third-order valence-electron chi connectivity index (χ3n) is 3.16. The van der Waals surface area contributed by atoms with Gasteiger partial charge in [-0.2, -0.15) is 5.10 Å². The Labute approximate surface area is 97.7 Å². The summed E-state index contributed by atoms with van der Waals surface area (Å²) in [5.41, 5.74) is 1.57. The van der Waals surface area contributed by atoms with Crippen molar-refractivity contribution in [1.82, 2.24) is 15.1 Å². The maximum absolute atomic E-state index is 10.1. The summed E-state index contributed by atoms with van der Waals surface area (Å²) in [6.45, 7) is 9.26. The van der Waals surface area contributed by atoms with E-state index in [9.17, 15) is 5.11 Å². The number of aryl methyl sites for hydroxylation is 2. The highest BCUT2D eigenvalue weighted by molar-refractivity contribution is 5.14. The van der Waals surface area contributed by atoms with Crippen LogP contribution in [0.4, 0.5) is 0 Å². The Balaban J connectivity index is 2.44. The van der Waals surface area contributed by atoms with Crippen molar-refractivity contribution >= 4 is 0 Å². The van der Waals surface area contributed by atoms with Crippen LogP contribution in [-0.2, 0) is 13.6 Å². The Bertz CT molecular complexity index is 342. The van der Waals surface area contributed by atoms with Crippen LogP contribution >= 0.6 is 0 Å². The lowest BCUT2D eigenvalue weighted by Gasteiger charge is -2.27. The van der Waals surface area contributed by atoms with E-state index >= 15 is 0 Å². The Kier molecular flexibility index (Phi) is 4.10. The predicted molar refractivity (Wildman–Crippen MR) is 65.1 cm³/mol. The fraction of sp³-hybridized carbons (Fsp3) is 0.750. The first-order valence-electron chi connectivity index (χ1n) is 5.75. The van der Waals surface area contributed by atoms with Crippen molar-refractivity contribution in [3.8, 4) is 0 Å². The van der Waals surface area contributed by atoms with Gasteiger partial charge in [0, 0.05) is 31.9 Å². The van der Waals surface area contributed by atoms with Crippen molar-refractivity contribution in [2.75, 3.05) is 6.54 Å². The number of nitrogens with zero attached hydrogens (tertiary/aromatic N) is 2. The van der Waals surface area contributed by atoms with E-state index in [1.807, 2.05) is 45.6 Å². The number of aromatic nitrogens is 2. The van der Waals surface area contributed by atoms with E-state index in [1.165, 1.54) is 5.56 Å². The molecule has 0 amide bonds. The Morgan fingerprint density at radius 3 is 2.62 bits per heavy atom. The van der Waals surface area contributed by atoms with Gasteiger partial charge in [-0.1, -0.05) is 13.8 Å². The topological polar surface area (TPSA) is 50.1 Å². The molecule has 1 aromatic heterocycles. The van der Waals surface area contributed by atoms with Crippen LogP contribution in [0.3, 0.4) is 0 Å². The lowest BCUT2D eigenvalue weighted by Crippen LogP contribution is -2.41. The van der Waals surface area contributed by atoms with Crippen LogP contribution < -0.4 is 5.32 Å². The highest BCUT2D eigenvalue weighted by Gasteiger charge is 2.24. The van der Waals surface area contributed by atoms with Crippen molar-refractivity contribution in [2.24, 2.45) is 13.0 Å². The van der Waals surface area contributed by atoms with Gasteiger partial charge in [0.2, 0.25) is 0 Å². The lowest BCUT2D eigenvalue weighted by atomic mass is 9.92. The molecule has 0 saturated heterocycles. The molecule has 0 aliphatic carbocycles. The lowest BCUT2D eigenvalue weighted by molar-refractivity contribution is 0.0140. The molecule has 2 N–H and O–H groups in total. The van der Waals surface area contributed by atoms with E-state index in [2.05, 4.69) is 10.4 Å². The van der Waals surface area contributed by atoms with Crippen LogP contribution in [-0.4, -0.2) is 27.0 Å². The molecular weight excluding hydrogens is 202 g/mol. The summed E-state index contributed by atoms with van der Waals surface area (Å²) < 4.78 is 1.81. The van der Waals surface area contributed by atoms with Gasteiger partial charge in [0.1, 0.15) is 0 Å². The van der Waals surface area contributed by atoms with Gasteiger partial charge in [-0.15, -0.1) is 0 Å². The minimum absolute atomic E-state index is 0.245. The highest BCUT2D eigenvalue weighted by atomic mass is 16.3. The van der Waals surface area contributed by atoms with Crippen molar-refractivity contribution in [3.63, 3.8) is 0 Å². The van der Waals surface area contributed by atoms with Crippen LogP contribution in [0.2, 0.25) is 0 Å². The Morgan fingerprint density at radius 2 is 2.19 bits per heavy atom. The maximum atomic E-state index is 10.1. The molecule has 4 nitrogen and oxygen atoms in total. The molecule has 4 heteroatoms. The van der Waals surface area contributed by atoms with Gasteiger partial charge in [-0.25, -0.2) is 0 Å². The van der Waals surface area contributed by atoms with Crippen molar-refractivity contribution in [3.05, 3.63) is 17.5 Å². The summed E-state index contributed by atoms with van der Waals surface area (Å²) in [7, 11) is 1.92. The van der Waals surface area contributed by atoms with Crippen molar-refractivity contribution in [1.29, 1.82) is 0 Å². The highest BCUT2D eigenvalue weighted by Crippen LogP contribution is 2.14. The van der Waals surface area contributed by atoms with E-state index in [0.717, 1.165) is 12.2 Å². The van der Waals surface area contributed by atoms with Gasteiger partial charge in [-0.3, -0.25) is 4.68 Å². The average Bonchev–Trinajstić information content (AvgIpc) is 2.44. The molecule has 1 heterocycles. The number of hydrogen-bond acceptors (Lipinski definition) is 3. The molecule has 1 rings (SSSR count). The normalized spacial score (nSPS) is 15.4. The molecule has 0 aromatic carbocycles. The molecule has 0 radical (unpaired) electrons. The SMILES string of the molecule is Cc1nn(C)cc1CNCC(C)(O)C(C)C. The number of aliphatic hydroxyl groups is 1. The number of hydrogen-bond donors (Lipinski definition) is 2. The molecule has 0 spiro atoms. The zero-order valence-electron chi connectivity index (χ0n) is 10.9. The minimum Gasteiger partial charge on any atom is -0.389 e. The first-order chi connectivity index (χ1) is 7.33. The fourth-order valence-corrected chi connectivity index (χ4v) is 1.48. The minimum atomic E-state index is -0.657. The van der Waals surface area contributed by atoms with Gasteiger partial charge >= 0.3 is 0 Å². The summed E-state index contributed by atoms with van der Waals surface area (Å²) in [5.74, 6) is 0.245. The molecule has 1 atom stereocenters. The van der Waals surface area contributed by atoms with Gasteiger partial charge in [0.25, 0.3) is 0 Å². The molecule has 92 valence electrons. The van der Waals surface area contributed by atoms with Crippen molar-refractivity contribution < 1.29 is 5.11 Å². The second-order valence-electron chi connectivity index (χ2n) is 5.03. The van der Waals surface area contributed by atoms with Gasteiger partial charge in [0.05, 0.1) is 11.3 Å². The van der Waals surface area contributed by atoms with E-state index in [4.69, 9.17) is 0 Å². The van der Waals surface area contributed by atoms with E-state index in [1.54, 1.807) is 0 Å². The summed E-state index contributed by atoms with van der Waals surface area (Å²) in [6.07, 6.45) is 2.01.